The molecule has 1 saturated heterocycles. The highest BCUT2D eigenvalue weighted by molar-refractivity contribution is 8.06. The van der Waals surface area contributed by atoms with Gasteiger partial charge in [-0.3, -0.25) is 4.79 Å². The quantitative estimate of drug-likeness (QED) is 0.802. The Balaban J connectivity index is 2.36. The number of thioether (sulfide) groups is 2. The Hall–Kier alpha value is -0.620. The zero-order valence-corrected chi connectivity index (χ0v) is 10.8. The summed E-state index contributed by atoms with van der Waals surface area (Å²) in [5.41, 5.74) is 0.0377. The van der Waals surface area contributed by atoms with Crippen molar-refractivity contribution in [3.8, 4) is 5.88 Å². The lowest BCUT2D eigenvalue weighted by Gasteiger charge is -2.26. The second-order valence-corrected chi connectivity index (χ2v) is 6.50. The lowest BCUT2D eigenvalue weighted by atomic mass is 10.3. The Bertz CT molecular complexity index is 447. The highest BCUT2D eigenvalue weighted by Crippen LogP contribution is 2.40. The van der Waals surface area contributed by atoms with Gasteiger partial charge in [-0.2, -0.15) is 16.7 Å². The normalized spacial score (nSPS) is 25.6. The van der Waals surface area contributed by atoms with E-state index in [0.29, 0.717) is 11.1 Å². The standard InChI is InChI=1S/C10H14N2O2S2/c1-5-9(13)11-8(12-10(5)14)7-6(2)15-3-4-16-7/h6-7H,3-4H2,1-2H3,(H2,11,12,13,14). The van der Waals surface area contributed by atoms with Gasteiger partial charge in [0.2, 0.25) is 5.88 Å². The lowest BCUT2D eigenvalue weighted by molar-refractivity contribution is 0.442. The number of rotatable bonds is 1. The van der Waals surface area contributed by atoms with Crippen LogP contribution < -0.4 is 5.56 Å². The molecule has 88 valence electrons. The van der Waals surface area contributed by atoms with Crippen LogP contribution in [0.1, 0.15) is 23.6 Å². The fourth-order valence-electron chi connectivity index (χ4n) is 1.61. The Morgan fingerprint density at radius 3 is 2.75 bits per heavy atom. The van der Waals surface area contributed by atoms with Crippen LogP contribution >= 0.6 is 23.5 Å². The third kappa shape index (κ3) is 2.22. The molecule has 6 heteroatoms. The minimum absolute atomic E-state index is 0.151. The molecule has 1 aromatic rings. The van der Waals surface area contributed by atoms with Crippen molar-refractivity contribution < 1.29 is 5.11 Å². The van der Waals surface area contributed by atoms with Gasteiger partial charge in [0.1, 0.15) is 5.82 Å². The van der Waals surface area contributed by atoms with E-state index in [1.165, 1.54) is 0 Å². The maximum atomic E-state index is 11.5. The van der Waals surface area contributed by atoms with Gasteiger partial charge in [-0.15, -0.1) is 11.8 Å². The van der Waals surface area contributed by atoms with Crippen LogP contribution in [0, 0.1) is 6.92 Å². The number of aromatic amines is 1. The summed E-state index contributed by atoms with van der Waals surface area (Å²) in [4.78, 5) is 18.4. The van der Waals surface area contributed by atoms with E-state index in [-0.39, 0.29) is 22.3 Å². The largest absolute Gasteiger partial charge is 0.493 e. The van der Waals surface area contributed by atoms with E-state index in [1.54, 1.807) is 18.7 Å². The van der Waals surface area contributed by atoms with E-state index in [4.69, 9.17) is 0 Å². The maximum absolute atomic E-state index is 11.5. The molecule has 0 amide bonds. The Morgan fingerprint density at radius 1 is 1.44 bits per heavy atom. The van der Waals surface area contributed by atoms with Crippen molar-refractivity contribution in [1.82, 2.24) is 9.97 Å². The topological polar surface area (TPSA) is 66.0 Å². The van der Waals surface area contributed by atoms with Gasteiger partial charge in [0.15, 0.2) is 0 Å². The summed E-state index contributed by atoms with van der Waals surface area (Å²) in [5.74, 6) is 2.63. The molecule has 0 aliphatic carbocycles. The molecule has 2 unspecified atom stereocenters. The third-order valence-electron chi connectivity index (χ3n) is 2.60. The fourth-order valence-corrected chi connectivity index (χ4v) is 4.32. The molecule has 0 saturated carbocycles. The summed E-state index contributed by atoms with van der Waals surface area (Å²) < 4.78 is 0. The lowest BCUT2D eigenvalue weighted by Crippen LogP contribution is -2.22. The van der Waals surface area contributed by atoms with Crippen LogP contribution in [0.2, 0.25) is 0 Å². The van der Waals surface area contributed by atoms with Crippen molar-refractivity contribution in [2.24, 2.45) is 0 Å². The van der Waals surface area contributed by atoms with E-state index in [2.05, 4.69) is 16.9 Å². The molecule has 1 aliphatic heterocycles. The number of aromatic hydroxyl groups is 1. The summed E-state index contributed by atoms with van der Waals surface area (Å²) >= 11 is 3.66. The summed E-state index contributed by atoms with van der Waals surface area (Å²) in [6.45, 7) is 3.69. The van der Waals surface area contributed by atoms with Crippen molar-refractivity contribution in [3.05, 3.63) is 21.7 Å². The van der Waals surface area contributed by atoms with E-state index in [9.17, 15) is 9.90 Å². The zero-order chi connectivity index (χ0) is 11.7. The molecule has 1 fully saturated rings. The summed E-state index contributed by atoms with van der Waals surface area (Å²) in [5, 5.41) is 10.1. The first-order chi connectivity index (χ1) is 7.59. The Morgan fingerprint density at radius 2 is 2.12 bits per heavy atom. The predicted octanol–water partition coefficient (Wildman–Crippen LogP) is 1.69. The third-order valence-corrected chi connectivity index (χ3v) is 5.70. The van der Waals surface area contributed by atoms with Crippen LogP contribution in [0.4, 0.5) is 0 Å². The Labute approximate surface area is 102 Å². The molecular weight excluding hydrogens is 244 g/mol. The first kappa shape index (κ1) is 11.9. The van der Waals surface area contributed by atoms with E-state index >= 15 is 0 Å². The molecule has 2 heterocycles. The van der Waals surface area contributed by atoms with Crippen molar-refractivity contribution in [2.75, 3.05) is 11.5 Å². The highest BCUT2D eigenvalue weighted by Gasteiger charge is 2.26. The molecule has 2 rings (SSSR count). The number of nitrogens with zero attached hydrogens (tertiary/aromatic N) is 1. The van der Waals surface area contributed by atoms with Crippen molar-refractivity contribution >= 4 is 23.5 Å². The molecule has 0 spiro atoms. The second-order valence-electron chi connectivity index (χ2n) is 3.77. The molecule has 1 aliphatic rings. The average molecular weight is 258 g/mol. The fraction of sp³-hybridized carbons (Fsp3) is 0.600. The number of nitrogens with one attached hydrogen (secondary N) is 1. The maximum Gasteiger partial charge on any atom is 0.257 e. The molecule has 2 N–H and O–H groups in total. The molecule has 16 heavy (non-hydrogen) atoms. The highest BCUT2D eigenvalue weighted by atomic mass is 32.2. The first-order valence-electron chi connectivity index (χ1n) is 5.12. The van der Waals surface area contributed by atoms with Crippen LogP contribution in [0.3, 0.4) is 0 Å². The minimum atomic E-state index is -0.245. The first-order valence-corrected chi connectivity index (χ1v) is 7.22. The number of hydrogen-bond acceptors (Lipinski definition) is 5. The summed E-state index contributed by atoms with van der Waals surface area (Å²) in [6.07, 6.45) is 0. The van der Waals surface area contributed by atoms with E-state index in [1.807, 2.05) is 11.8 Å². The van der Waals surface area contributed by atoms with Gasteiger partial charge >= 0.3 is 0 Å². The monoisotopic (exact) mass is 258 g/mol. The minimum Gasteiger partial charge on any atom is -0.493 e. The van der Waals surface area contributed by atoms with Crippen molar-refractivity contribution in [3.63, 3.8) is 0 Å². The van der Waals surface area contributed by atoms with Gasteiger partial charge in [0, 0.05) is 16.8 Å². The van der Waals surface area contributed by atoms with Crippen LogP contribution in [-0.2, 0) is 0 Å². The van der Waals surface area contributed by atoms with Crippen molar-refractivity contribution in [2.45, 2.75) is 24.3 Å². The van der Waals surface area contributed by atoms with Gasteiger partial charge in [-0.25, -0.2) is 0 Å². The smallest absolute Gasteiger partial charge is 0.257 e. The number of H-pyrrole nitrogens is 1. The van der Waals surface area contributed by atoms with Gasteiger partial charge in [0.05, 0.1) is 10.8 Å². The predicted molar refractivity (Wildman–Crippen MR) is 68.4 cm³/mol. The molecule has 0 bridgehead atoms. The van der Waals surface area contributed by atoms with E-state index < -0.39 is 0 Å². The average Bonchev–Trinajstić information content (AvgIpc) is 2.26. The molecule has 1 aromatic heterocycles. The molecule has 0 radical (unpaired) electrons. The van der Waals surface area contributed by atoms with Crippen LogP contribution in [0.25, 0.3) is 0 Å². The molecule has 0 aromatic carbocycles. The number of hydrogen-bond donors (Lipinski definition) is 2. The summed E-state index contributed by atoms with van der Waals surface area (Å²) in [7, 11) is 0. The van der Waals surface area contributed by atoms with Gasteiger partial charge in [0.25, 0.3) is 5.56 Å². The summed E-state index contributed by atoms with van der Waals surface area (Å²) in [6, 6.07) is 0. The molecule has 2 atom stereocenters. The van der Waals surface area contributed by atoms with Crippen molar-refractivity contribution in [1.29, 1.82) is 0 Å². The Kier molecular flexibility index (Phi) is 3.49. The van der Waals surface area contributed by atoms with Crippen LogP contribution in [0.15, 0.2) is 4.79 Å². The van der Waals surface area contributed by atoms with E-state index in [0.717, 1.165) is 11.5 Å². The number of aromatic nitrogens is 2. The van der Waals surface area contributed by atoms with Gasteiger partial charge in [-0.1, -0.05) is 6.92 Å². The SMILES string of the molecule is Cc1c(O)nc(C2SCCSC2C)[nH]c1=O. The van der Waals surface area contributed by atoms with Gasteiger partial charge < -0.3 is 10.1 Å². The molecule has 4 nitrogen and oxygen atoms in total. The van der Waals surface area contributed by atoms with Gasteiger partial charge in [-0.05, 0) is 6.92 Å². The molecular formula is C10H14N2O2S2. The second kappa shape index (κ2) is 4.71. The zero-order valence-electron chi connectivity index (χ0n) is 9.19. The van der Waals surface area contributed by atoms with Crippen LogP contribution in [0.5, 0.6) is 5.88 Å². The van der Waals surface area contributed by atoms with Crippen LogP contribution in [-0.4, -0.2) is 31.8 Å².